The molecule has 0 radical (unpaired) electrons. The van der Waals surface area contributed by atoms with Crippen LogP contribution in [0.25, 0.3) is 0 Å². The lowest BCUT2D eigenvalue weighted by atomic mass is 10.1. The predicted molar refractivity (Wildman–Crippen MR) is 80.2 cm³/mol. The topological polar surface area (TPSA) is 76.0 Å². The van der Waals surface area contributed by atoms with E-state index in [2.05, 4.69) is 15.7 Å². The van der Waals surface area contributed by atoms with Gasteiger partial charge in [0, 0.05) is 30.1 Å². The van der Waals surface area contributed by atoms with Crippen LogP contribution in [0.3, 0.4) is 0 Å². The maximum absolute atomic E-state index is 11.9. The molecule has 0 aliphatic carbocycles. The second-order valence-corrected chi connectivity index (χ2v) is 4.90. The number of aryl methyl sites for hydroxylation is 1. The Morgan fingerprint density at radius 3 is 2.71 bits per heavy atom. The van der Waals surface area contributed by atoms with Crippen molar-refractivity contribution < 1.29 is 9.59 Å². The first-order chi connectivity index (χ1) is 9.95. The average molecular weight is 286 g/mol. The van der Waals surface area contributed by atoms with Gasteiger partial charge < -0.3 is 10.6 Å². The van der Waals surface area contributed by atoms with Gasteiger partial charge in [0.05, 0.1) is 12.2 Å². The summed E-state index contributed by atoms with van der Waals surface area (Å²) in [6.45, 7) is 3.37. The Morgan fingerprint density at radius 1 is 1.33 bits per heavy atom. The minimum absolute atomic E-state index is 0.0391. The number of amides is 2. The van der Waals surface area contributed by atoms with Gasteiger partial charge in [-0.1, -0.05) is 12.1 Å². The molecule has 6 nitrogen and oxygen atoms in total. The summed E-state index contributed by atoms with van der Waals surface area (Å²) in [6.07, 6.45) is 3.56. The normalized spacial score (nSPS) is 11.8. The molecule has 1 atom stereocenters. The first kappa shape index (κ1) is 14.8. The Balaban J connectivity index is 1.98. The van der Waals surface area contributed by atoms with Crippen molar-refractivity contribution in [3.8, 4) is 0 Å². The van der Waals surface area contributed by atoms with Crippen molar-refractivity contribution >= 4 is 17.5 Å². The molecule has 0 spiro atoms. The van der Waals surface area contributed by atoms with E-state index >= 15 is 0 Å². The molecule has 1 unspecified atom stereocenters. The number of nitrogens with zero attached hydrogens (tertiary/aromatic N) is 2. The molecule has 1 aromatic heterocycles. The second kappa shape index (κ2) is 6.21. The van der Waals surface area contributed by atoms with Crippen molar-refractivity contribution in [2.45, 2.75) is 19.9 Å². The highest BCUT2D eigenvalue weighted by molar-refractivity contribution is 5.96. The Morgan fingerprint density at radius 2 is 2.10 bits per heavy atom. The molecule has 0 bridgehead atoms. The van der Waals surface area contributed by atoms with E-state index in [0.717, 1.165) is 5.56 Å². The molecule has 2 N–H and O–H groups in total. The number of aromatic nitrogens is 2. The summed E-state index contributed by atoms with van der Waals surface area (Å²) in [7, 11) is 1.82. The summed E-state index contributed by atoms with van der Waals surface area (Å²) in [6, 6.07) is 6.35. The Kier molecular flexibility index (Phi) is 4.37. The molecule has 2 amide bonds. The van der Waals surface area contributed by atoms with Crippen LogP contribution in [0.1, 0.15) is 35.8 Å². The van der Waals surface area contributed by atoms with Gasteiger partial charge in [0.15, 0.2) is 5.78 Å². The molecule has 2 aromatic rings. The first-order valence-corrected chi connectivity index (χ1v) is 6.63. The number of carbonyl (C=O) groups excluding carboxylic acids is 2. The molecular weight excluding hydrogens is 268 g/mol. The quantitative estimate of drug-likeness (QED) is 0.848. The summed E-state index contributed by atoms with van der Waals surface area (Å²) in [5.74, 6) is -0.0391. The van der Waals surface area contributed by atoms with Gasteiger partial charge in [0.25, 0.3) is 0 Å². The van der Waals surface area contributed by atoms with Crippen molar-refractivity contribution in [2.24, 2.45) is 7.05 Å². The standard InChI is InChI=1S/C15H18N4O2/c1-10(13-8-16-19(3)9-13)17-15(21)18-14-6-4-5-12(7-14)11(2)20/h4-10H,1-3H3,(H2,17,18,21). The van der Waals surface area contributed by atoms with Gasteiger partial charge in [-0.05, 0) is 26.0 Å². The molecule has 2 rings (SSSR count). The summed E-state index contributed by atoms with van der Waals surface area (Å²) >= 11 is 0. The number of rotatable bonds is 4. The van der Waals surface area contributed by atoms with Gasteiger partial charge in [-0.25, -0.2) is 4.79 Å². The fourth-order valence-corrected chi connectivity index (χ4v) is 1.93. The van der Waals surface area contributed by atoms with E-state index in [4.69, 9.17) is 0 Å². The SMILES string of the molecule is CC(=O)c1cccc(NC(=O)NC(C)c2cnn(C)c2)c1. The van der Waals surface area contributed by atoms with Gasteiger partial charge in [-0.2, -0.15) is 5.10 Å². The van der Waals surface area contributed by atoms with Crippen LogP contribution in [0, 0.1) is 0 Å². The van der Waals surface area contributed by atoms with Crippen LogP contribution < -0.4 is 10.6 Å². The maximum Gasteiger partial charge on any atom is 0.319 e. The van der Waals surface area contributed by atoms with E-state index in [1.54, 1.807) is 35.1 Å². The first-order valence-electron chi connectivity index (χ1n) is 6.63. The lowest BCUT2D eigenvalue weighted by Crippen LogP contribution is -2.31. The second-order valence-electron chi connectivity index (χ2n) is 4.90. The molecule has 0 aliphatic heterocycles. The van der Waals surface area contributed by atoms with Gasteiger partial charge in [0.1, 0.15) is 0 Å². The zero-order valence-electron chi connectivity index (χ0n) is 12.3. The van der Waals surface area contributed by atoms with E-state index < -0.39 is 0 Å². The van der Waals surface area contributed by atoms with Crippen LogP contribution in [0.5, 0.6) is 0 Å². The third-order valence-electron chi connectivity index (χ3n) is 3.10. The highest BCUT2D eigenvalue weighted by Crippen LogP contribution is 2.13. The zero-order valence-corrected chi connectivity index (χ0v) is 12.3. The summed E-state index contributed by atoms with van der Waals surface area (Å²) in [5.41, 5.74) is 2.07. The van der Waals surface area contributed by atoms with Crippen LogP contribution in [0.4, 0.5) is 10.5 Å². The van der Waals surface area contributed by atoms with Gasteiger partial charge in [-0.15, -0.1) is 0 Å². The number of nitrogens with one attached hydrogen (secondary N) is 2. The Labute approximate surface area is 123 Å². The van der Waals surface area contributed by atoms with Crippen LogP contribution in [-0.2, 0) is 7.05 Å². The van der Waals surface area contributed by atoms with Crippen LogP contribution in [0.2, 0.25) is 0 Å². The van der Waals surface area contributed by atoms with E-state index in [0.29, 0.717) is 11.3 Å². The molecule has 0 fully saturated rings. The smallest absolute Gasteiger partial charge is 0.319 e. The largest absolute Gasteiger partial charge is 0.331 e. The highest BCUT2D eigenvalue weighted by Gasteiger charge is 2.11. The van der Waals surface area contributed by atoms with Crippen LogP contribution in [0.15, 0.2) is 36.7 Å². The van der Waals surface area contributed by atoms with Crippen LogP contribution >= 0.6 is 0 Å². The predicted octanol–water partition coefficient (Wildman–Crippen LogP) is 2.51. The van der Waals surface area contributed by atoms with Crippen molar-refractivity contribution in [3.05, 3.63) is 47.8 Å². The number of benzene rings is 1. The molecule has 6 heteroatoms. The number of hydrogen-bond donors (Lipinski definition) is 2. The number of carbonyl (C=O) groups is 2. The molecule has 21 heavy (non-hydrogen) atoms. The maximum atomic E-state index is 11.9. The number of urea groups is 1. The van der Waals surface area contributed by atoms with Crippen LogP contribution in [-0.4, -0.2) is 21.6 Å². The minimum Gasteiger partial charge on any atom is -0.331 e. The number of hydrogen-bond acceptors (Lipinski definition) is 3. The zero-order chi connectivity index (χ0) is 15.4. The highest BCUT2D eigenvalue weighted by atomic mass is 16.2. The molecule has 1 aromatic carbocycles. The van der Waals surface area contributed by atoms with Gasteiger partial charge in [0.2, 0.25) is 0 Å². The summed E-state index contributed by atoms with van der Waals surface area (Å²) in [5, 5.41) is 9.60. The Bertz CT molecular complexity index is 663. The third-order valence-corrected chi connectivity index (χ3v) is 3.10. The molecule has 0 saturated carbocycles. The fourth-order valence-electron chi connectivity index (χ4n) is 1.93. The van der Waals surface area contributed by atoms with Crippen molar-refractivity contribution in [1.29, 1.82) is 0 Å². The number of Topliss-reactive ketones (excluding diaryl/α,β-unsaturated/α-hetero) is 1. The summed E-state index contributed by atoms with van der Waals surface area (Å²) < 4.78 is 1.68. The molecule has 1 heterocycles. The van der Waals surface area contributed by atoms with Gasteiger partial charge >= 0.3 is 6.03 Å². The van der Waals surface area contributed by atoms with Gasteiger partial charge in [-0.3, -0.25) is 9.48 Å². The molecule has 0 saturated heterocycles. The van der Waals surface area contributed by atoms with Crippen molar-refractivity contribution in [1.82, 2.24) is 15.1 Å². The minimum atomic E-state index is -0.327. The number of ketones is 1. The lowest BCUT2D eigenvalue weighted by molar-refractivity contribution is 0.101. The molecular formula is C15H18N4O2. The van der Waals surface area contributed by atoms with Crippen molar-refractivity contribution in [2.75, 3.05) is 5.32 Å². The van der Waals surface area contributed by atoms with Crippen molar-refractivity contribution in [3.63, 3.8) is 0 Å². The molecule has 110 valence electrons. The monoisotopic (exact) mass is 286 g/mol. The summed E-state index contributed by atoms with van der Waals surface area (Å²) in [4.78, 5) is 23.3. The Hall–Kier alpha value is -2.63. The fraction of sp³-hybridized carbons (Fsp3) is 0.267. The third kappa shape index (κ3) is 3.92. The number of anilines is 1. The average Bonchev–Trinajstić information content (AvgIpc) is 2.85. The lowest BCUT2D eigenvalue weighted by Gasteiger charge is -2.13. The van der Waals surface area contributed by atoms with E-state index in [1.165, 1.54) is 6.92 Å². The van der Waals surface area contributed by atoms with E-state index in [9.17, 15) is 9.59 Å². The van der Waals surface area contributed by atoms with E-state index in [-0.39, 0.29) is 17.9 Å². The molecule has 0 aliphatic rings. The van der Waals surface area contributed by atoms with E-state index in [1.807, 2.05) is 20.2 Å².